The molecule has 0 aliphatic carbocycles. The van der Waals surface area contributed by atoms with Crippen molar-refractivity contribution in [3.05, 3.63) is 66.6 Å². The van der Waals surface area contributed by atoms with Gasteiger partial charge in [0.2, 0.25) is 10.0 Å². The van der Waals surface area contributed by atoms with Crippen LogP contribution in [-0.2, 0) is 24.3 Å². The molecule has 0 bridgehead atoms. The second-order valence-electron chi connectivity index (χ2n) is 8.08. The van der Waals surface area contributed by atoms with Crippen LogP contribution in [0.2, 0.25) is 0 Å². The van der Waals surface area contributed by atoms with Gasteiger partial charge in [0.15, 0.2) is 6.10 Å². The van der Waals surface area contributed by atoms with Gasteiger partial charge < -0.3 is 10.1 Å². The third-order valence-corrected chi connectivity index (χ3v) is 7.72. The Morgan fingerprint density at radius 3 is 2.50 bits per heavy atom. The second-order valence-corrected chi connectivity index (χ2v) is 10.0. The van der Waals surface area contributed by atoms with Crippen molar-refractivity contribution in [3.8, 4) is 0 Å². The van der Waals surface area contributed by atoms with E-state index in [2.05, 4.69) is 10.3 Å². The molecule has 4 rings (SSSR count). The van der Waals surface area contributed by atoms with Gasteiger partial charge in [-0.05, 0) is 68.3 Å². The number of anilines is 1. The molecule has 178 valence electrons. The van der Waals surface area contributed by atoms with Gasteiger partial charge in [0.05, 0.1) is 22.0 Å². The van der Waals surface area contributed by atoms with Gasteiger partial charge in [0, 0.05) is 24.7 Å². The molecule has 1 saturated heterocycles. The summed E-state index contributed by atoms with van der Waals surface area (Å²) in [6.45, 7) is 1.75. The molecule has 0 saturated carbocycles. The molecule has 8 nitrogen and oxygen atoms in total. The van der Waals surface area contributed by atoms with E-state index in [4.69, 9.17) is 4.74 Å². The van der Waals surface area contributed by atoms with Crippen LogP contribution in [0.3, 0.4) is 0 Å². The van der Waals surface area contributed by atoms with E-state index in [1.54, 1.807) is 24.4 Å². The average molecular weight is 486 g/mol. The van der Waals surface area contributed by atoms with E-state index in [-0.39, 0.29) is 30.8 Å². The van der Waals surface area contributed by atoms with Gasteiger partial charge in [-0.2, -0.15) is 4.31 Å². The molecular formula is C24H24FN3O5S. The largest absolute Gasteiger partial charge is 0.452 e. The highest BCUT2D eigenvalue weighted by atomic mass is 32.2. The lowest BCUT2D eigenvalue weighted by molar-refractivity contribution is -0.158. The Balaban J connectivity index is 1.32. The first-order valence-corrected chi connectivity index (χ1v) is 12.3. The van der Waals surface area contributed by atoms with Crippen molar-refractivity contribution >= 4 is 38.5 Å². The molecule has 1 N–H and O–H groups in total. The third kappa shape index (κ3) is 5.07. The van der Waals surface area contributed by atoms with E-state index < -0.39 is 39.7 Å². The molecular weight excluding hydrogens is 461 g/mol. The van der Waals surface area contributed by atoms with Crippen LogP contribution in [0.25, 0.3) is 10.9 Å². The van der Waals surface area contributed by atoms with Crippen molar-refractivity contribution in [1.82, 2.24) is 9.29 Å². The number of rotatable bonds is 6. The minimum absolute atomic E-state index is 0.00357. The molecule has 1 amide bonds. The normalized spacial score (nSPS) is 16.2. The fourth-order valence-electron chi connectivity index (χ4n) is 3.86. The van der Waals surface area contributed by atoms with Gasteiger partial charge in [-0.15, -0.1) is 0 Å². The molecule has 1 fully saturated rings. The number of amides is 1. The number of carbonyl (C=O) groups is 2. The number of piperidine rings is 1. The maximum Gasteiger partial charge on any atom is 0.309 e. The topological polar surface area (TPSA) is 106 Å². The summed E-state index contributed by atoms with van der Waals surface area (Å²) in [6, 6.07) is 13.6. The highest BCUT2D eigenvalue weighted by Gasteiger charge is 2.34. The first-order valence-electron chi connectivity index (χ1n) is 10.9. The summed E-state index contributed by atoms with van der Waals surface area (Å²) >= 11 is 0. The van der Waals surface area contributed by atoms with Gasteiger partial charge in [-0.1, -0.05) is 6.07 Å². The fraction of sp³-hybridized carbons (Fsp3) is 0.292. The van der Waals surface area contributed by atoms with Crippen LogP contribution in [0.4, 0.5) is 10.1 Å². The van der Waals surface area contributed by atoms with Gasteiger partial charge >= 0.3 is 5.97 Å². The zero-order chi connectivity index (χ0) is 24.3. The maximum atomic E-state index is 13.1. The molecule has 1 aliphatic heterocycles. The first kappa shape index (κ1) is 23.8. The number of halogens is 1. The number of hydrogen-bond acceptors (Lipinski definition) is 6. The van der Waals surface area contributed by atoms with Crippen molar-refractivity contribution in [1.29, 1.82) is 0 Å². The van der Waals surface area contributed by atoms with Gasteiger partial charge in [0.1, 0.15) is 5.82 Å². The van der Waals surface area contributed by atoms with Gasteiger partial charge in [0.25, 0.3) is 5.91 Å². The number of carbonyl (C=O) groups excluding carboxylic acids is 2. The van der Waals surface area contributed by atoms with Crippen LogP contribution in [0.15, 0.2) is 65.7 Å². The molecule has 3 aromatic rings. The Bertz CT molecular complexity index is 1300. The molecule has 1 aliphatic rings. The Labute approximate surface area is 196 Å². The number of fused-ring (bicyclic) bond motifs is 1. The van der Waals surface area contributed by atoms with Crippen molar-refractivity contribution in [2.45, 2.75) is 30.8 Å². The molecule has 34 heavy (non-hydrogen) atoms. The van der Waals surface area contributed by atoms with Crippen LogP contribution in [-0.4, -0.2) is 48.8 Å². The van der Waals surface area contributed by atoms with Gasteiger partial charge in [-0.3, -0.25) is 14.6 Å². The summed E-state index contributed by atoms with van der Waals surface area (Å²) in [5.74, 6) is -2.05. The summed E-state index contributed by atoms with van der Waals surface area (Å²) in [4.78, 5) is 29.5. The Kier molecular flexibility index (Phi) is 6.90. The number of pyridine rings is 1. The van der Waals surface area contributed by atoms with Crippen molar-refractivity contribution < 1.29 is 27.1 Å². The number of sulfonamides is 1. The standard InChI is InChI=1S/C24H24FN3O5S/c1-16(23(29)27-22-6-2-5-21-20(22)4-3-13-26-21)33-24(30)17-11-14-28(15-12-17)34(31,32)19-9-7-18(25)8-10-19/h2-10,13,16-17H,11-12,14-15H2,1H3,(H,27,29). The molecule has 0 spiro atoms. The number of ether oxygens (including phenoxy) is 1. The van der Waals surface area contributed by atoms with Crippen molar-refractivity contribution in [2.75, 3.05) is 18.4 Å². The number of esters is 1. The lowest BCUT2D eigenvalue weighted by atomic mass is 9.98. The quantitative estimate of drug-likeness (QED) is 0.537. The Morgan fingerprint density at radius 1 is 1.09 bits per heavy atom. The zero-order valence-electron chi connectivity index (χ0n) is 18.5. The highest BCUT2D eigenvalue weighted by Crippen LogP contribution is 2.26. The maximum absolute atomic E-state index is 13.1. The predicted molar refractivity (Wildman–Crippen MR) is 124 cm³/mol. The van der Waals surface area contributed by atoms with E-state index in [1.807, 2.05) is 12.1 Å². The number of nitrogens with zero attached hydrogens (tertiary/aromatic N) is 2. The molecule has 0 radical (unpaired) electrons. The number of nitrogens with one attached hydrogen (secondary N) is 1. The smallest absolute Gasteiger partial charge is 0.309 e. The Hall–Kier alpha value is -3.37. The zero-order valence-corrected chi connectivity index (χ0v) is 19.3. The lowest BCUT2D eigenvalue weighted by Gasteiger charge is -2.30. The second kappa shape index (κ2) is 9.86. The minimum atomic E-state index is -3.77. The number of aromatic nitrogens is 1. The summed E-state index contributed by atoms with van der Waals surface area (Å²) in [7, 11) is -3.77. The van der Waals surface area contributed by atoms with Crippen LogP contribution >= 0.6 is 0 Å². The molecule has 2 heterocycles. The third-order valence-electron chi connectivity index (χ3n) is 5.80. The summed E-state index contributed by atoms with van der Waals surface area (Å²) in [6.07, 6.45) is 1.17. The van der Waals surface area contributed by atoms with Gasteiger partial charge in [-0.25, -0.2) is 12.8 Å². The predicted octanol–water partition coefficient (Wildman–Crippen LogP) is 3.35. The molecule has 1 atom stereocenters. The summed E-state index contributed by atoms with van der Waals surface area (Å²) in [5, 5.41) is 3.54. The number of hydrogen-bond donors (Lipinski definition) is 1. The van der Waals surface area contributed by atoms with E-state index in [0.29, 0.717) is 5.69 Å². The lowest BCUT2D eigenvalue weighted by Crippen LogP contribution is -2.41. The van der Waals surface area contributed by atoms with E-state index in [0.717, 1.165) is 23.0 Å². The summed E-state index contributed by atoms with van der Waals surface area (Å²) in [5.41, 5.74) is 1.30. The van der Waals surface area contributed by atoms with E-state index >= 15 is 0 Å². The van der Waals surface area contributed by atoms with Crippen LogP contribution in [0.1, 0.15) is 19.8 Å². The average Bonchev–Trinajstić information content (AvgIpc) is 2.84. The van der Waals surface area contributed by atoms with Crippen LogP contribution < -0.4 is 5.32 Å². The Morgan fingerprint density at radius 2 is 1.79 bits per heavy atom. The monoisotopic (exact) mass is 485 g/mol. The molecule has 10 heteroatoms. The molecule has 2 aromatic carbocycles. The van der Waals surface area contributed by atoms with E-state index in [9.17, 15) is 22.4 Å². The fourth-order valence-corrected chi connectivity index (χ4v) is 5.33. The van der Waals surface area contributed by atoms with Crippen molar-refractivity contribution in [3.63, 3.8) is 0 Å². The highest BCUT2D eigenvalue weighted by molar-refractivity contribution is 7.89. The molecule has 1 unspecified atom stereocenters. The number of benzene rings is 2. The van der Waals surface area contributed by atoms with Crippen LogP contribution in [0, 0.1) is 11.7 Å². The SMILES string of the molecule is CC(OC(=O)C1CCN(S(=O)(=O)c2ccc(F)cc2)CC1)C(=O)Nc1cccc2ncccc12. The van der Waals surface area contributed by atoms with Crippen molar-refractivity contribution in [2.24, 2.45) is 5.92 Å². The van der Waals surface area contributed by atoms with E-state index in [1.165, 1.54) is 23.4 Å². The van der Waals surface area contributed by atoms with Crippen LogP contribution in [0.5, 0.6) is 0 Å². The summed E-state index contributed by atoms with van der Waals surface area (Å²) < 4.78 is 45.2. The minimum Gasteiger partial charge on any atom is -0.452 e. The molecule has 1 aromatic heterocycles. The first-order chi connectivity index (χ1) is 16.3.